The molecule has 140 valence electrons. The van der Waals surface area contributed by atoms with Crippen LogP contribution in [0.1, 0.15) is 22.5 Å². The Morgan fingerprint density at radius 2 is 1.86 bits per heavy atom. The van der Waals surface area contributed by atoms with Gasteiger partial charge in [-0.05, 0) is 49.8 Å². The van der Waals surface area contributed by atoms with Gasteiger partial charge in [0.2, 0.25) is 0 Å². The molecule has 6 heteroatoms. The molecule has 2 aromatic carbocycles. The largest absolute Gasteiger partial charge is 0.347 e. The third-order valence-corrected chi connectivity index (χ3v) is 4.37. The number of carbonyl (C=O) groups is 1. The van der Waals surface area contributed by atoms with Gasteiger partial charge >= 0.3 is 0 Å². The lowest BCUT2D eigenvalue weighted by Crippen LogP contribution is -2.23. The predicted octanol–water partition coefficient (Wildman–Crippen LogP) is 3.85. The second-order valence-electron chi connectivity index (χ2n) is 6.31. The highest BCUT2D eigenvalue weighted by molar-refractivity contribution is 6.01. The Bertz CT molecular complexity index is 1060. The molecule has 3 aromatic rings. The smallest absolute Gasteiger partial charge is 0.262 e. The molecule has 0 bridgehead atoms. The Balaban J connectivity index is 1.85. The van der Waals surface area contributed by atoms with Gasteiger partial charge in [0.25, 0.3) is 5.91 Å². The van der Waals surface area contributed by atoms with E-state index in [1.807, 2.05) is 43.3 Å². The SMILES string of the molecule is Cc1nn(-c2ccc(F)cc2)c(C)c1/C=C(\C#N)C(=O)NCc1ccccc1. The lowest BCUT2D eigenvalue weighted by molar-refractivity contribution is -0.117. The summed E-state index contributed by atoms with van der Waals surface area (Å²) < 4.78 is 14.8. The number of aromatic nitrogens is 2. The van der Waals surface area contributed by atoms with Crippen LogP contribution in [0.5, 0.6) is 0 Å². The second-order valence-corrected chi connectivity index (χ2v) is 6.31. The summed E-state index contributed by atoms with van der Waals surface area (Å²) >= 11 is 0. The highest BCUT2D eigenvalue weighted by Crippen LogP contribution is 2.21. The van der Waals surface area contributed by atoms with E-state index in [4.69, 9.17) is 0 Å². The van der Waals surface area contributed by atoms with Crippen LogP contribution in [0.25, 0.3) is 11.8 Å². The van der Waals surface area contributed by atoms with E-state index >= 15 is 0 Å². The van der Waals surface area contributed by atoms with Crippen LogP contribution >= 0.6 is 0 Å². The average Bonchev–Trinajstić information content (AvgIpc) is 2.99. The van der Waals surface area contributed by atoms with Crippen molar-refractivity contribution in [2.45, 2.75) is 20.4 Å². The fourth-order valence-corrected chi connectivity index (χ4v) is 2.86. The number of hydrogen-bond donors (Lipinski definition) is 1. The maximum absolute atomic E-state index is 13.2. The summed E-state index contributed by atoms with van der Waals surface area (Å²) in [5.41, 5.74) is 3.77. The maximum Gasteiger partial charge on any atom is 0.262 e. The summed E-state index contributed by atoms with van der Waals surface area (Å²) in [6, 6.07) is 17.4. The molecule has 0 aliphatic rings. The molecule has 0 saturated heterocycles. The highest BCUT2D eigenvalue weighted by atomic mass is 19.1. The van der Waals surface area contributed by atoms with Crippen LogP contribution < -0.4 is 5.32 Å². The van der Waals surface area contributed by atoms with E-state index in [2.05, 4.69) is 10.4 Å². The van der Waals surface area contributed by atoms with Crippen LogP contribution in [0.15, 0.2) is 60.2 Å². The van der Waals surface area contributed by atoms with Gasteiger partial charge in [0.1, 0.15) is 17.5 Å². The van der Waals surface area contributed by atoms with E-state index in [0.717, 1.165) is 11.3 Å². The lowest BCUT2D eigenvalue weighted by Gasteiger charge is -2.05. The van der Waals surface area contributed by atoms with Crippen molar-refractivity contribution in [1.82, 2.24) is 15.1 Å². The fourth-order valence-electron chi connectivity index (χ4n) is 2.86. The number of amides is 1. The van der Waals surface area contributed by atoms with Gasteiger partial charge in [-0.25, -0.2) is 9.07 Å². The van der Waals surface area contributed by atoms with E-state index in [9.17, 15) is 14.4 Å². The van der Waals surface area contributed by atoms with E-state index in [1.54, 1.807) is 23.7 Å². The number of rotatable bonds is 5. The van der Waals surface area contributed by atoms with E-state index in [1.165, 1.54) is 18.2 Å². The summed E-state index contributed by atoms with van der Waals surface area (Å²) in [4.78, 5) is 12.4. The standard InChI is InChI=1S/C22H19FN4O/c1-15-21(16(2)27(26-15)20-10-8-19(23)9-11-20)12-18(13-24)22(28)25-14-17-6-4-3-5-7-17/h3-12H,14H2,1-2H3,(H,25,28)/b18-12+. The minimum atomic E-state index is -0.445. The van der Waals surface area contributed by atoms with Crippen molar-refractivity contribution in [3.05, 3.63) is 88.5 Å². The van der Waals surface area contributed by atoms with Crippen molar-refractivity contribution in [2.24, 2.45) is 0 Å². The van der Waals surface area contributed by atoms with Crippen LogP contribution in [-0.2, 0) is 11.3 Å². The van der Waals surface area contributed by atoms with Gasteiger partial charge in [0, 0.05) is 17.8 Å². The first kappa shape index (κ1) is 19.1. The van der Waals surface area contributed by atoms with Gasteiger partial charge in [-0.3, -0.25) is 4.79 Å². The first-order valence-corrected chi connectivity index (χ1v) is 8.75. The van der Waals surface area contributed by atoms with Gasteiger partial charge in [-0.2, -0.15) is 10.4 Å². The van der Waals surface area contributed by atoms with Crippen molar-refractivity contribution < 1.29 is 9.18 Å². The number of nitrogens with one attached hydrogen (secondary N) is 1. The molecule has 5 nitrogen and oxygen atoms in total. The molecule has 0 spiro atoms. The molecular weight excluding hydrogens is 355 g/mol. The Morgan fingerprint density at radius 1 is 1.18 bits per heavy atom. The Labute approximate surface area is 162 Å². The van der Waals surface area contributed by atoms with Crippen molar-refractivity contribution in [3.8, 4) is 11.8 Å². The van der Waals surface area contributed by atoms with Gasteiger partial charge in [0.05, 0.1) is 11.4 Å². The summed E-state index contributed by atoms with van der Waals surface area (Å²) in [6.45, 7) is 3.98. The topological polar surface area (TPSA) is 70.7 Å². The maximum atomic E-state index is 13.2. The van der Waals surface area contributed by atoms with Crippen LogP contribution in [-0.4, -0.2) is 15.7 Å². The van der Waals surface area contributed by atoms with Gasteiger partial charge in [-0.15, -0.1) is 0 Å². The zero-order chi connectivity index (χ0) is 20.1. The molecule has 1 aromatic heterocycles. The van der Waals surface area contributed by atoms with Gasteiger partial charge < -0.3 is 5.32 Å². The number of carbonyl (C=O) groups excluding carboxylic acids is 1. The average molecular weight is 374 g/mol. The van der Waals surface area contributed by atoms with E-state index in [0.29, 0.717) is 23.5 Å². The number of halogens is 1. The Morgan fingerprint density at radius 3 is 2.50 bits per heavy atom. The monoisotopic (exact) mass is 374 g/mol. The molecule has 0 radical (unpaired) electrons. The molecule has 28 heavy (non-hydrogen) atoms. The zero-order valence-electron chi connectivity index (χ0n) is 15.6. The normalized spacial score (nSPS) is 11.1. The van der Waals surface area contributed by atoms with Crippen molar-refractivity contribution in [3.63, 3.8) is 0 Å². The van der Waals surface area contributed by atoms with Crippen molar-refractivity contribution >= 4 is 12.0 Å². The minimum absolute atomic E-state index is 0.000729. The molecule has 0 aliphatic carbocycles. The number of aryl methyl sites for hydroxylation is 1. The molecule has 0 unspecified atom stereocenters. The molecule has 0 aliphatic heterocycles. The number of hydrogen-bond acceptors (Lipinski definition) is 3. The molecule has 3 rings (SSSR count). The molecular formula is C22H19FN4O. The van der Waals surface area contributed by atoms with Gasteiger partial charge in [0.15, 0.2) is 0 Å². The first-order valence-electron chi connectivity index (χ1n) is 8.75. The molecule has 1 N–H and O–H groups in total. The zero-order valence-corrected chi connectivity index (χ0v) is 15.6. The minimum Gasteiger partial charge on any atom is -0.347 e. The van der Waals surface area contributed by atoms with E-state index in [-0.39, 0.29) is 11.4 Å². The lowest BCUT2D eigenvalue weighted by atomic mass is 10.1. The third kappa shape index (κ3) is 4.15. The predicted molar refractivity (Wildman–Crippen MR) is 105 cm³/mol. The van der Waals surface area contributed by atoms with Crippen LogP contribution in [0.2, 0.25) is 0 Å². The van der Waals surface area contributed by atoms with E-state index < -0.39 is 5.91 Å². The molecule has 0 fully saturated rings. The highest BCUT2D eigenvalue weighted by Gasteiger charge is 2.15. The summed E-state index contributed by atoms with van der Waals surface area (Å²) in [5, 5.41) is 16.7. The second kappa shape index (κ2) is 8.31. The molecule has 1 amide bonds. The fraction of sp³-hybridized carbons (Fsp3) is 0.136. The third-order valence-electron chi connectivity index (χ3n) is 4.37. The Kier molecular flexibility index (Phi) is 5.66. The summed E-state index contributed by atoms with van der Waals surface area (Å²) in [5.74, 6) is -0.771. The molecule has 0 atom stereocenters. The molecule has 1 heterocycles. The van der Waals surface area contributed by atoms with Crippen LogP contribution in [0.4, 0.5) is 4.39 Å². The van der Waals surface area contributed by atoms with Crippen LogP contribution in [0.3, 0.4) is 0 Å². The summed E-state index contributed by atoms with van der Waals surface area (Å²) in [7, 11) is 0. The summed E-state index contributed by atoms with van der Waals surface area (Å²) in [6.07, 6.45) is 1.54. The number of nitrogens with zero attached hydrogens (tertiary/aromatic N) is 3. The molecule has 0 saturated carbocycles. The van der Waals surface area contributed by atoms with Gasteiger partial charge in [-0.1, -0.05) is 30.3 Å². The Hall–Kier alpha value is -3.72. The van der Waals surface area contributed by atoms with Crippen LogP contribution in [0, 0.1) is 31.0 Å². The number of nitriles is 1. The first-order chi connectivity index (χ1) is 13.5. The van der Waals surface area contributed by atoms with Crippen molar-refractivity contribution in [2.75, 3.05) is 0 Å². The van der Waals surface area contributed by atoms with Crippen molar-refractivity contribution in [1.29, 1.82) is 5.26 Å². The quantitative estimate of drug-likeness (QED) is 0.545. The number of benzene rings is 2.